The number of benzene rings is 2. The molecule has 3 aromatic heterocycles. The van der Waals surface area contributed by atoms with E-state index in [4.69, 9.17) is 11.6 Å². The lowest BCUT2D eigenvalue weighted by atomic mass is 10.1. The standard InChI is InChI=1S/C24H16ClFN6/c1-15-13-31(14-28-15)22-7-4-16(9-17(22)12-27)10-23-29-24-20(3-2-8-32(24)30-23)19-6-5-18(26)11-21(19)25/h2-9,11,13-14H,10H2,1H3. The predicted molar refractivity (Wildman–Crippen MR) is 119 cm³/mol. The summed E-state index contributed by atoms with van der Waals surface area (Å²) in [6.45, 7) is 1.90. The van der Waals surface area contributed by atoms with Crippen LogP contribution >= 0.6 is 11.6 Å². The maximum absolute atomic E-state index is 13.5. The second kappa shape index (κ2) is 7.91. The SMILES string of the molecule is Cc1cn(-c2ccc(Cc3nc4c(-c5ccc(F)cc5Cl)cccn4n3)cc2C#N)cn1. The van der Waals surface area contributed by atoms with E-state index in [2.05, 4.69) is 21.1 Å². The minimum Gasteiger partial charge on any atom is -0.305 e. The van der Waals surface area contributed by atoms with Gasteiger partial charge in [0.05, 0.1) is 28.3 Å². The first-order valence-electron chi connectivity index (χ1n) is 9.85. The fourth-order valence-electron chi connectivity index (χ4n) is 3.69. The molecule has 0 unspecified atom stereocenters. The maximum atomic E-state index is 13.5. The van der Waals surface area contributed by atoms with E-state index in [0.29, 0.717) is 34.0 Å². The van der Waals surface area contributed by atoms with E-state index in [1.165, 1.54) is 12.1 Å². The molecule has 0 aliphatic heterocycles. The molecule has 0 aliphatic rings. The highest BCUT2D eigenvalue weighted by molar-refractivity contribution is 6.33. The molecule has 0 N–H and O–H groups in total. The molecule has 0 amide bonds. The second-order valence-electron chi connectivity index (χ2n) is 7.40. The fraction of sp³-hybridized carbons (Fsp3) is 0.0833. The van der Waals surface area contributed by atoms with Gasteiger partial charge in [-0.3, -0.25) is 0 Å². The first-order valence-corrected chi connectivity index (χ1v) is 10.2. The van der Waals surface area contributed by atoms with Crippen molar-refractivity contribution < 1.29 is 4.39 Å². The molecule has 0 atom stereocenters. The summed E-state index contributed by atoms with van der Waals surface area (Å²) in [6.07, 6.45) is 5.83. The Bertz CT molecular complexity index is 1510. The van der Waals surface area contributed by atoms with Crippen LogP contribution in [0.2, 0.25) is 5.02 Å². The van der Waals surface area contributed by atoms with Gasteiger partial charge in [-0.1, -0.05) is 17.7 Å². The number of pyridine rings is 1. The lowest BCUT2D eigenvalue weighted by Crippen LogP contribution is -1.98. The molecule has 0 bridgehead atoms. The number of imidazole rings is 1. The highest BCUT2D eigenvalue weighted by Gasteiger charge is 2.14. The van der Waals surface area contributed by atoms with Crippen molar-refractivity contribution in [1.29, 1.82) is 5.26 Å². The van der Waals surface area contributed by atoms with Crippen molar-refractivity contribution in [2.45, 2.75) is 13.3 Å². The highest BCUT2D eigenvalue weighted by Crippen LogP contribution is 2.31. The van der Waals surface area contributed by atoms with Crippen LogP contribution in [0.15, 0.2) is 67.3 Å². The van der Waals surface area contributed by atoms with Gasteiger partial charge in [0.25, 0.3) is 0 Å². The molecule has 3 heterocycles. The molecule has 8 heteroatoms. The monoisotopic (exact) mass is 442 g/mol. The zero-order valence-electron chi connectivity index (χ0n) is 17.0. The van der Waals surface area contributed by atoms with Crippen LogP contribution in [-0.2, 0) is 6.42 Å². The Labute approximate surface area is 188 Å². The minimum absolute atomic E-state index is 0.312. The number of nitrogens with zero attached hydrogens (tertiary/aromatic N) is 6. The molecule has 5 rings (SSSR count). The Balaban J connectivity index is 1.51. The molecule has 0 saturated heterocycles. The summed E-state index contributed by atoms with van der Waals surface area (Å²) in [5, 5.41) is 14.5. The minimum atomic E-state index is -0.393. The predicted octanol–water partition coefficient (Wildman–Crippen LogP) is 5.15. The van der Waals surface area contributed by atoms with Crippen LogP contribution in [0.1, 0.15) is 22.6 Å². The zero-order chi connectivity index (χ0) is 22.2. The molecule has 5 aromatic rings. The number of nitriles is 1. The molecular formula is C24H16ClFN6. The van der Waals surface area contributed by atoms with Gasteiger partial charge in [0.2, 0.25) is 0 Å². The Morgan fingerprint density at radius 3 is 2.75 bits per heavy atom. The molecule has 0 fully saturated rings. The molecule has 156 valence electrons. The third kappa shape index (κ3) is 3.61. The fourth-order valence-corrected chi connectivity index (χ4v) is 3.96. The molecule has 0 spiro atoms. The van der Waals surface area contributed by atoms with Crippen LogP contribution in [0.4, 0.5) is 4.39 Å². The van der Waals surface area contributed by atoms with E-state index in [1.807, 2.05) is 48.0 Å². The van der Waals surface area contributed by atoms with Crippen LogP contribution in [0.5, 0.6) is 0 Å². The molecule has 0 saturated carbocycles. The largest absolute Gasteiger partial charge is 0.305 e. The van der Waals surface area contributed by atoms with Crippen LogP contribution in [0.25, 0.3) is 22.5 Å². The summed E-state index contributed by atoms with van der Waals surface area (Å²) >= 11 is 6.27. The van der Waals surface area contributed by atoms with Crippen molar-refractivity contribution in [3.63, 3.8) is 0 Å². The lowest BCUT2D eigenvalue weighted by Gasteiger charge is -2.06. The van der Waals surface area contributed by atoms with E-state index < -0.39 is 5.82 Å². The first kappa shape index (κ1) is 19.9. The number of aromatic nitrogens is 5. The van der Waals surface area contributed by atoms with E-state index in [-0.39, 0.29) is 0 Å². The number of hydrogen-bond donors (Lipinski definition) is 0. The molecular weight excluding hydrogens is 427 g/mol. The van der Waals surface area contributed by atoms with Crippen LogP contribution < -0.4 is 0 Å². The Kier molecular flexibility index (Phi) is 4.92. The number of fused-ring (bicyclic) bond motifs is 1. The van der Waals surface area contributed by atoms with Crippen LogP contribution in [0.3, 0.4) is 0 Å². The lowest BCUT2D eigenvalue weighted by molar-refractivity contribution is 0.628. The van der Waals surface area contributed by atoms with Gasteiger partial charge >= 0.3 is 0 Å². The van der Waals surface area contributed by atoms with Gasteiger partial charge in [0.15, 0.2) is 11.5 Å². The zero-order valence-corrected chi connectivity index (χ0v) is 17.8. The van der Waals surface area contributed by atoms with Crippen LogP contribution in [-0.4, -0.2) is 24.1 Å². The Morgan fingerprint density at radius 1 is 1.12 bits per heavy atom. The molecule has 6 nitrogen and oxygen atoms in total. The van der Waals surface area contributed by atoms with Crippen molar-refractivity contribution >= 4 is 17.2 Å². The number of rotatable bonds is 4. The summed E-state index contributed by atoms with van der Waals surface area (Å²) in [6, 6.07) is 16.0. The average molecular weight is 443 g/mol. The topological polar surface area (TPSA) is 71.8 Å². The Hall–Kier alpha value is -4.02. The van der Waals surface area contributed by atoms with Crippen molar-refractivity contribution in [3.8, 4) is 22.9 Å². The summed E-state index contributed by atoms with van der Waals surface area (Å²) in [5.74, 6) is 0.209. The number of aryl methyl sites for hydroxylation is 1. The van der Waals surface area contributed by atoms with Gasteiger partial charge in [-0.05, 0) is 55.0 Å². The Morgan fingerprint density at radius 2 is 2.00 bits per heavy atom. The first-order chi connectivity index (χ1) is 15.5. The summed E-state index contributed by atoms with van der Waals surface area (Å²) < 4.78 is 17.0. The van der Waals surface area contributed by atoms with Crippen molar-refractivity contribution in [2.24, 2.45) is 0 Å². The van der Waals surface area contributed by atoms with Gasteiger partial charge in [-0.25, -0.2) is 18.9 Å². The summed E-state index contributed by atoms with van der Waals surface area (Å²) in [5.41, 5.74) is 5.19. The van der Waals surface area contributed by atoms with E-state index >= 15 is 0 Å². The van der Waals surface area contributed by atoms with E-state index in [1.54, 1.807) is 23.1 Å². The highest BCUT2D eigenvalue weighted by atomic mass is 35.5. The third-order valence-corrected chi connectivity index (χ3v) is 5.47. The number of halogens is 2. The molecule has 0 radical (unpaired) electrons. The van der Waals surface area contributed by atoms with Crippen molar-refractivity contribution in [2.75, 3.05) is 0 Å². The smallest absolute Gasteiger partial charge is 0.163 e. The van der Waals surface area contributed by atoms with Gasteiger partial charge in [-0.2, -0.15) is 10.4 Å². The molecule has 0 aliphatic carbocycles. The second-order valence-corrected chi connectivity index (χ2v) is 7.81. The average Bonchev–Trinajstić information content (AvgIpc) is 3.39. The summed E-state index contributed by atoms with van der Waals surface area (Å²) in [7, 11) is 0. The van der Waals surface area contributed by atoms with Crippen molar-refractivity contribution in [3.05, 3.63) is 101 Å². The van der Waals surface area contributed by atoms with Gasteiger partial charge in [0.1, 0.15) is 11.9 Å². The van der Waals surface area contributed by atoms with Gasteiger partial charge in [-0.15, -0.1) is 0 Å². The van der Waals surface area contributed by atoms with E-state index in [9.17, 15) is 9.65 Å². The molecule has 32 heavy (non-hydrogen) atoms. The molecule has 2 aromatic carbocycles. The third-order valence-electron chi connectivity index (χ3n) is 5.16. The van der Waals surface area contributed by atoms with Crippen LogP contribution in [0, 0.1) is 24.1 Å². The quantitative estimate of drug-likeness (QED) is 0.386. The summed E-state index contributed by atoms with van der Waals surface area (Å²) in [4.78, 5) is 8.92. The normalized spacial score (nSPS) is 11.1. The van der Waals surface area contributed by atoms with Gasteiger partial charge in [0, 0.05) is 29.9 Å². The maximum Gasteiger partial charge on any atom is 0.163 e. The van der Waals surface area contributed by atoms with Crippen molar-refractivity contribution in [1.82, 2.24) is 24.1 Å². The van der Waals surface area contributed by atoms with E-state index in [0.717, 1.165) is 22.5 Å². The number of hydrogen-bond acceptors (Lipinski definition) is 4. The van der Waals surface area contributed by atoms with Gasteiger partial charge < -0.3 is 4.57 Å².